The molecule has 2 aromatic carbocycles. The molecule has 1 fully saturated rings. The molecule has 1 aromatic heterocycles. The minimum absolute atomic E-state index is 0.0925. The van der Waals surface area contributed by atoms with E-state index in [1.165, 1.54) is 24.3 Å². The molecule has 3 aromatic rings. The summed E-state index contributed by atoms with van der Waals surface area (Å²) in [6.45, 7) is 2.36. The number of fused-ring (bicyclic) bond motifs is 3. The van der Waals surface area contributed by atoms with Gasteiger partial charge in [-0.15, -0.1) is 0 Å². The lowest BCUT2D eigenvalue weighted by Gasteiger charge is -2.38. The second kappa shape index (κ2) is 8.50. The van der Waals surface area contributed by atoms with Crippen LogP contribution in [0.2, 0.25) is 0 Å². The smallest absolute Gasteiger partial charge is 0.323 e. The zero-order chi connectivity index (χ0) is 23.1. The Labute approximate surface area is 190 Å². The van der Waals surface area contributed by atoms with Crippen LogP contribution in [0.4, 0.5) is 14.5 Å². The predicted octanol–water partition coefficient (Wildman–Crippen LogP) is 3.46. The number of aromatic nitrogens is 1. The first-order valence-corrected chi connectivity index (χ1v) is 11.2. The van der Waals surface area contributed by atoms with E-state index in [2.05, 4.69) is 4.90 Å². The van der Waals surface area contributed by atoms with Gasteiger partial charge in [0.1, 0.15) is 18.2 Å². The maximum atomic E-state index is 14.0. The fourth-order valence-electron chi connectivity index (χ4n) is 5.24. The summed E-state index contributed by atoms with van der Waals surface area (Å²) in [5, 5.41) is 10.0. The number of carbonyl (C=O) groups excluding carboxylic acids is 1. The number of benzene rings is 2. The highest BCUT2D eigenvalue weighted by molar-refractivity contribution is 5.89. The Morgan fingerprint density at radius 2 is 1.67 bits per heavy atom. The predicted molar refractivity (Wildman–Crippen MR) is 120 cm³/mol. The van der Waals surface area contributed by atoms with Crippen molar-refractivity contribution in [1.29, 1.82) is 0 Å². The number of amides is 1. The lowest BCUT2D eigenvalue weighted by atomic mass is 9.85. The highest BCUT2D eigenvalue weighted by Crippen LogP contribution is 2.35. The third kappa shape index (κ3) is 4.05. The third-order valence-electron chi connectivity index (χ3n) is 6.85. The topological polar surface area (TPSA) is 65.8 Å². The number of carboxylic acid groups (broad SMARTS) is 1. The standard InChI is InChI=1S/C25H25F2N3O3/c26-17-2-5-19(6-3-17)28-9-11-29(12-10-28)25(33)16-1-7-22-20(13-16)21-14-18(27)4-8-23(21)30(22)15-24(31)32/h2-6,8,14,16H,1,7,9-13,15H2,(H,31,32). The molecule has 1 N–H and O–H groups in total. The van der Waals surface area contributed by atoms with Gasteiger partial charge < -0.3 is 19.5 Å². The number of hydrogen-bond acceptors (Lipinski definition) is 3. The molecule has 0 spiro atoms. The van der Waals surface area contributed by atoms with Crippen molar-refractivity contribution in [1.82, 2.24) is 9.47 Å². The van der Waals surface area contributed by atoms with Crippen molar-refractivity contribution in [3.63, 3.8) is 0 Å². The van der Waals surface area contributed by atoms with Gasteiger partial charge in [0.05, 0.1) is 0 Å². The van der Waals surface area contributed by atoms with Crippen molar-refractivity contribution >= 4 is 28.5 Å². The summed E-state index contributed by atoms with van der Waals surface area (Å²) in [5.74, 6) is -1.70. The van der Waals surface area contributed by atoms with Crippen molar-refractivity contribution < 1.29 is 23.5 Å². The zero-order valence-corrected chi connectivity index (χ0v) is 18.1. The molecule has 1 unspecified atom stereocenters. The lowest BCUT2D eigenvalue weighted by Crippen LogP contribution is -2.51. The molecular formula is C25H25F2N3O3. The molecule has 8 heteroatoms. The number of aliphatic carboxylic acids is 1. The van der Waals surface area contributed by atoms with Crippen LogP contribution >= 0.6 is 0 Å². The van der Waals surface area contributed by atoms with Gasteiger partial charge in [0.25, 0.3) is 0 Å². The Kier molecular flexibility index (Phi) is 5.52. The molecule has 2 aliphatic rings. The van der Waals surface area contributed by atoms with Crippen molar-refractivity contribution in [2.24, 2.45) is 5.92 Å². The first-order valence-electron chi connectivity index (χ1n) is 11.2. The van der Waals surface area contributed by atoms with Crippen LogP contribution in [0.5, 0.6) is 0 Å². The van der Waals surface area contributed by atoms with Crippen LogP contribution in [-0.2, 0) is 29.0 Å². The minimum atomic E-state index is -0.948. The molecule has 1 atom stereocenters. The Hall–Kier alpha value is -3.42. The van der Waals surface area contributed by atoms with Gasteiger partial charge in [0.2, 0.25) is 5.91 Å². The maximum absolute atomic E-state index is 14.0. The van der Waals surface area contributed by atoms with Gasteiger partial charge >= 0.3 is 5.97 Å². The van der Waals surface area contributed by atoms with E-state index >= 15 is 0 Å². The minimum Gasteiger partial charge on any atom is -0.480 e. The number of hydrogen-bond donors (Lipinski definition) is 1. The van der Waals surface area contributed by atoms with Gasteiger partial charge in [-0.25, -0.2) is 8.78 Å². The number of carbonyl (C=O) groups is 2. The summed E-state index contributed by atoms with van der Waals surface area (Å²) in [7, 11) is 0. The number of nitrogens with zero attached hydrogens (tertiary/aromatic N) is 3. The van der Waals surface area contributed by atoms with E-state index < -0.39 is 5.97 Å². The SMILES string of the molecule is O=C(O)Cn1c2c(c3cc(F)ccc31)CC(C(=O)N1CCN(c3ccc(F)cc3)CC1)CC2. The first kappa shape index (κ1) is 21.4. The summed E-state index contributed by atoms with van der Waals surface area (Å²) in [6.07, 6.45) is 1.71. The normalized spacial score (nSPS) is 18.4. The van der Waals surface area contributed by atoms with E-state index in [4.69, 9.17) is 0 Å². The second-order valence-corrected chi connectivity index (χ2v) is 8.80. The third-order valence-corrected chi connectivity index (χ3v) is 6.85. The molecule has 0 radical (unpaired) electrons. The first-order chi connectivity index (χ1) is 15.9. The number of halogens is 2. The summed E-state index contributed by atoms with van der Waals surface area (Å²) < 4.78 is 28.9. The van der Waals surface area contributed by atoms with Gasteiger partial charge in [0, 0.05) is 54.4 Å². The van der Waals surface area contributed by atoms with Crippen LogP contribution in [0, 0.1) is 17.6 Å². The van der Waals surface area contributed by atoms with E-state index in [9.17, 15) is 23.5 Å². The number of carboxylic acids is 1. The summed E-state index contributed by atoms with van der Waals surface area (Å²) in [6, 6.07) is 10.8. The lowest BCUT2D eigenvalue weighted by molar-refractivity contribution is -0.138. The number of piperazine rings is 1. The van der Waals surface area contributed by atoms with Crippen LogP contribution in [-0.4, -0.2) is 52.6 Å². The fraction of sp³-hybridized carbons (Fsp3) is 0.360. The van der Waals surface area contributed by atoms with Crippen LogP contribution in [0.3, 0.4) is 0 Å². The van der Waals surface area contributed by atoms with E-state index in [1.807, 2.05) is 4.90 Å². The molecule has 2 heterocycles. The van der Waals surface area contributed by atoms with E-state index in [0.29, 0.717) is 56.3 Å². The largest absolute Gasteiger partial charge is 0.480 e. The Morgan fingerprint density at radius 3 is 2.36 bits per heavy atom. The quantitative estimate of drug-likeness (QED) is 0.657. The monoisotopic (exact) mass is 453 g/mol. The van der Waals surface area contributed by atoms with E-state index in [0.717, 1.165) is 16.9 Å². The molecule has 172 valence electrons. The van der Waals surface area contributed by atoms with Crippen LogP contribution < -0.4 is 4.90 Å². The molecule has 1 aliphatic carbocycles. The fourth-order valence-corrected chi connectivity index (χ4v) is 5.24. The Morgan fingerprint density at radius 1 is 0.970 bits per heavy atom. The van der Waals surface area contributed by atoms with Gasteiger partial charge in [-0.2, -0.15) is 0 Å². The summed E-state index contributed by atoms with van der Waals surface area (Å²) in [4.78, 5) is 28.8. The van der Waals surface area contributed by atoms with Gasteiger partial charge in [-0.3, -0.25) is 9.59 Å². The van der Waals surface area contributed by atoms with Crippen molar-refractivity contribution in [3.05, 3.63) is 65.4 Å². The molecule has 5 rings (SSSR count). The van der Waals surface area contributed by atoms with Crippen molar-refractivity contribution in [2.45, 2.75) is 25.8 Å². The molecule has 6 nitrogen and oxygen atoms in total. The molecule has 1 aliphatic heterocycles. The zero-order valence-electron chi connectivity index (χ0n) is 18.1. The number of rotatable bonds is 4. The number of anilines is 1. The molecular weight excluding hydrogens is 428 g/mol. The average molecular weight is 453 g/mol. The maximum Gasteiger partial charge on any atom is 0.323 e. The molecule has 0 bridgehead atoms. The molecule has 0 saturated carbocycles. The van der Waals surface area contributed by atoms with Crippen molar-refractivity contribution in [3.8, 4) is 0 Å². The molecule has 1 saturated heterocycles. The highest BCUT2D eigenvalue weighted by Gasteiger charge is 2.33. The Bertz CT molecular complexity index is 1210. The van der Waals surface area contributed by atoms with Crippen LogP contribution in [0.15, 0.2) is 42.5 Å². The second-order valence-electron chi connectivity index (χ2n) is 8.80. The van der Waals surface area contributed by atoms with E-state index in [-0.39, 0.29) is 30.0 Å². The Balaban J connectivity index is 1.32. The summed E-state index contributed by atoms with van der Waals surface area (Å²) in [5.41, 5.74) is 3.42. The average Bonchev–Trinajstić information content (AvgIpc) is 3.11. The molecule has 33 heavy (non-hydrogen) atoms. The highest BCUT2D eigenvalue weighted by atomic mass is 19.1. The summed E-state index contributed by atoms with van der Waals surface area (Å²) >= 11 is 0. The molecule has 1 amide bonds. The van der Waals surface area contributed by atoms with Gasteiger partial charge in [-0.05, 0) is 67.3 Å². The van der Waals surface area contributed by atoms with Gasteiger partial charge in [-0.1, -0.05) is 0 Å². The van der Waals surface area contributed by atoms with Crippen LogP contribution in [0.25, 0.3) is 10.9 Å². The van der Waals surface area contributed by atoms with Gasteiger partial charge in [0.15, 0.2) is 0 Å². The van der Waals surface area contributed by atoms with E-state index in [1.54, 1.807) is 22.8 Å². The van der Waals surface area contributed by atoms with Crippen molar-refractivity contribution in [2.75, 3.05) is 31.1 Å². The van der Waals surface area contributed by atoms with Crippen LogP contribution in [0.1, 0.15) is 17.7 Å².